The van der Waals surface area contributed by atoms with Gasteiger partial charge in [0.2, 0.25) is 0 Å². The molecule has 0 aromatic rings. The van der Waals surface area contributed by atoms with Crippen LogP contribution in [-0.4, -0.2) is 44.3 Å². The Balaban J connectivity index is 2.08. The Morgan fingerprint density at radius 1 is 1.50 bits per heavy atom. The minimum atomic E-state index is 0.278. The Bertz CT molecular complexity index is 182. The molecular formula is C11H22N2O. The highest BCUT2D eigenvalue weighted by atomic mass is 16.5. The van der Waals surface area contributed by atoms with E-state index in [-0.39, 0.29) is 6.04 Å². The molecule has 0 radical (unpaired) electrons. The fourth-order valence-electron chi connectivity index (χ4n) is 1.80. The normalized spacial score (nSPS) is 26.3. The van der Waals surface area contributed by atoms with E-state index in [4.69, 9.17) is 10.5 Å². The third-order valence-electron chi connectivity index (χ3n) is 2.57. The van der Waals surface area contributed by atoms with Gasteiger partial charge in [0.05, 0.1) is 6.61 Å². The lowest BCUT2D eigenvalue weighted by molar-refractivity contribution is 0.119. The molecule has 0 aliphatic heterocycles. The molecule has 2 unspecified atom stereocenters. The molecule has 14 heavy (non-hydrogen) atoms. The highest BCUT2D eigenvalue weighted by molar-refractivity contribution is 5.05. The maximum atomic E-state index is 5.79. The monoisotopic (exact) mass is 198 g/mol. The summed E-state index contributed by atoms with van der Waals surface area (Å²) in [5.41, 5.74) is 5.79. The summed E-state index contributed by atoms with van der Waals surface area (Å²) >= 11 is 0. The Labute approximate surface area is 86.9 Å². The summed E-state index contributed by atoms with van der Waals surface area (Å²) in [5, 5.41) is 0. The van der Waals surface area contributed by atoms with Gasteiger partial charge in [-0.3, -0.25) is 0 Å². The van der Waals surface area contributed by atoms with Crippen molar-refractivity contribution < 1.29 is 4.74 Å². The van der Waals surface area contributed by atoms with Crippen molar-refractivity contribution in [3.8, 4) is 0 Å². The van der Waals surface area contributed by atoms with Crippen molar-refractivity contribution in [3.63, 3.8) is 0 Å². The van der Waals surface area contributed by atoms with E-state index in [0.29, 0.717) is 5.92 Å². The van der Waals surface area contributed by atoms with Gasteiger partial charge in [0, 0.05) is 25.7 Å². The Morgan fingerprint density at radius 3 is 2.86 bits per heavy atom. The average Bonchev–Trinajstić information content (AvgIpc) is 2.52. The summed E-state index contributed by atoms with van der Waals surface area (Å²) in [6.07, 6.45) is 5.45. The Kier molecular flexibility index (Phi) is 5.15. The molecule has 82 valence electrons. The zero-order chi connectivity index (χ0) is 10.4. The van der Waals surface area contributed by atoms with Crippen LogP contribution in [0.25, 0.3) is 0 Å². The van der Waals surface area contributed by atoms with Gasteiger partial charge in [-0.05, 0) is 26.3 Å². The molecular weight excluding hydrogens is 176 g/mol. The highest BCUT2D eigenvalue weighted by Gasteiger charge is 2.16. The van der Waals surface area contributed by atoms with Gasteiger partial charge in [-0.1, -0.05) is 12.2 Å². The minimum absolute atomic E-state index is 0.278. The van der Waals surface area contributed by atoms with E-state index in [1.165, 1.54) is 0 Å². The van der Waals surface area contributed by atoms with Gasteiger partial charge in [-0.2, -0.15) is 0 Å². The molecule has 1 aliphatic rings. The van der Waals surface area contributed by atoms with Crippen molar-refractivity contribution in [3.05, 3.63) is 12.2 Å². The zero-order valence-electron chi connectivity index (χ0n) is 9.28. The van der Waals surface area contributed by atoms with Crippen LogP contribution in [0.5, 0.6) is 0 Å². The molecule has 0 saturated heterocycles. The summed E-state index contributed by atoms with van der Waals surface area (Å²) in [6.45, 7) is 5.76. The van der Waals surface area contributed by atoms with Crippen molar-refractivity contribution in [1.82, 2.24) is 4.90 Å². The molecule has 0 spiro atoms. The summed E-state index contributed by atoms with van der Waals surface area (Å²) in [7, 11) is 2.14. The molecule has 0 bridgehead atoms. The topological polar surface area (TPSA) is 38.5 Å². The smallest absolute Gasteiger partial charge is 0.0593 e. The van der Waals surface area contributed by atoms with Gasteiger partial charge in [-0.15, -0.1) is 0 Å². The first-order valence-corrected chi connectivity index (χ1v) is 5.42. The van der Waals surface area contributed by atoms with Crippen LogP contribution in [0, 0.1) is 5.92 Å². The molecule has 0 saturated carbocycles. The maximum Gasteiger partial charge on any atom is 0.0593 e. The number of nitrogens with zero attached hydrogens (tertiary/aromatic N) is 1. The van der Waals surface area contributed by atoms with Gasteiger partial charge < -0.3 is 15.4 Å². The second-order valence-electron chi connectivity index (χ2n) is 4.00. The van der Waals surface area contributed by atoms with Crippen LogP contribution in [0.15, 0.2) is 12.2 Å². The molecule has 2 atom stereocenters. The van der Waals surface area contributed by atoms with Crippen molar-refractivity contribution >= 4 is 0 Å². The van der Waals surface area contributed by atoms with Gasteiger partial charge >= 0.3 is 0 Å². The first-order valence-electron chi connectivity index (χ1n) is 5.42. The number of hydrogen-bond acceptors (Lipinski definition) is 3. The molecule has 0 aromatic carbocycles. The molecule has 0 amide bonds. The molecule has 2 N–H and O–H groups in total. The Morgan fingerprint density at radius 2 is 2.29 bits per heavy atom. The van der Waals surface area contributed by atoms with E-state index in [1.807, 2.05) is 6.92 Å². The molecule has 3 nitrogen and oxygen atoms in total. The van der Waals surface area contributed by atoms with Crippen molar-refractivity contribution in [2.75, 3.05) is 33.4 Å². The lowest BCUT2D eigenvalue weighted by Crippen LogP contribution is -2.29. The highest BCUT2D eigenvalue weighted by Crippen LogP contribution is 2.16. The number of ether oxygens (including phenoxy) is 1. The number of hydrogen-bond donors (Lipinski definition) is 1. The summed E-state index contributed by atoms with van der Waals surface area (Å²) in [6, 6.07) is 0.278. The number of rotatable bonds is 6. The third kappa shape index (κ3) is 4.22. The lowest BCUT2D eigenvalue weighted by atomic mass is 10.1. The predicted molar refractivity (Wildman–Crippen MR) is 59.2 cm³/mol. The summed E-state index contributed by atoms with van der Waals surface area (Å²) < 4.78 is 5.31. The largest absolute Gasteiger partial charge is 0.380 e. The average molecular weight is 198 g/mol. The van der Waals surface area contributed by atoms with E-state index in [9.17, 15) is 0 Å². The third-order valence-corrected chi connectivity index (χ3v) is 2.57. The molecule has 1 rings (SSSR count). The van der Waals surface area contributed by atoms with Gasteiger partial charge in [0.1, 0.15) is 0 Å². The van der Waals surface area contributed by atoms with Crippen LogP contribution in [0.3, 0.4) is 0 Å². The van der Waals surface area contributed by atoms with Crippen molar-refractivity contribution in [2.24, 2.45) is 11.7 Å². The molecule has 0 heterocycles. The first kappa shape index (κ1) is 11.7. The van der Waals surface area contributed by atoms with Gasteiger partial charge in [0.25, 0.3) is 0 Å². The van der Waals surface area contributed by atoms with Crippen molar-refractivity contribution in [2.45, 2.75) is 19.4 Å². The fraction of sp³-hybridized carbons (Fsp3) is 0.818. The lowest BCUT2D eigenvalue weighted by Gasteiger charge is -2.20. The van der Waals surface area contributed by atoms with Crippen LogP contribution in [0.4, 0.5) is 0 Å². The quantitative estimate of drug-likeness (QED) is 0.508. The SMILES string of the molecule is CCOCCN(C)CC1C=CC(N)C1. The van der Waals surface area contributed by atoms with E-state index in [1.54, 1.807) is 0 Å². The van der Waals surface area contributed by atoms with E-state index in [2.05, 4.69) is 24.1 Å². The van der Waals surface area contributed by atoms with Gasteiger partial charge in [-0.25, -0.2) is 0 Å². The second-order valence-corrected chi connectivity index (χ2v) is 4.00. The zero-order valence-corrected chi connectivity index (χ0v) is 9.28. The molecule has 0 fully saturated rings. The van der Waals surface area contributed by atoms with E-state index >= 15 is 0 Å². The maximum absolute atomic E-state index is 5.79. The van der Waals surface area contributed by atoms with Crippen LogP contribution >= 0.6 is 0 Å². The number of nitrogens with two attached hydrogens (primary N) is 1. The summed E-state index contributed by atoms with van der Waals surface area (Å²) in [5.74, 6) is 0.636. The molecule has 1 aliphatic carbocycles. The van der Waals surface area contributed by atoms with Gasteiger partial charge in [0.15, 0.2) is 0 Å². The van der Waals surface area contributed by atoms with Crippen LogP contribution in [0.2, 0.25) is 0 Å². The molecule has 3 heteroatoms. The van der Waals surface area contributed by atoms with E-state index < -0.39 is 0 Å². The summed E-state index contributed by atoms with van der Waals surface area (Å²) in [4.78, 5) is 2.31. The first-order chi connectivity index (χ1) is 6.72. The van der Waals surface area contributed by atoms with Crippen LogP contribution < -0.4 is 5.73 Å². The van der Waals surface area contributed by atoms with Crippen molar-refractivity contribution in [1.29, 1.82) is 0 Å². The van der Waals surface area contributed by atoms with Crippen LogP contribution in [0.1, 0.15) is 13.3 Å². The second kappa shape index (κ2) is 6.17. The van der Waals surface area contributed by atoms with E-state index in [0.717, 1.165) is 32.7 Å². The van der Waals surface area contributed by atoms with Crippen LogP contribution in [-0.2, 0) is 4.74 Å². The standard InChI is InChI=1S/C11H22N2O/c1-3-14-7-6-13(2)9-10-4-5-11(12)8-10/h4-5,10-11H,3,6-9,12H2,1-2H3. The Hall–Kier alpha value is -0.380. The number of likely N-dealkylation sites (N-methyl/N-ethyl adjacent to an activating group) is 1. The minimum Gasteiger partial charge on any atom is -0.380 e. The molecule has 0 aromatic heterocycles. The predicted octanol–water partition coefficient (Wildman–Crippen LogP) is 0.858. The fourth-order valence-corrected chi connectivity index (χ4v) is 1.80.